The summed E-state index contributed by atoms with van der Waals surface area (Å²) in [5.41, 5.74) is 2.31. The number of hydrogen-bond donors (Lipinski definition) is 2. The van der Waals surface area contributed by atoms with Crippen LogP contribution in [-0.2, 0) is 11.3 Å². The molecule has 5 nitrogen and oxygen atoms in total. The summed E-state index contributed by atoms with van der Waals surface area (Å²) in [5.74, 6) is 2.95. The van der Waals surface area contributed by atoms with Crippen LogP contribution in [0.2, 0.25) is 0 Å². The highest BCUT2D eigenvalue weighted by molar-refractivity contribution is 7.98. The Morgan fingerprint density at radius 1 is 1.40 bits per heavy atom. The summed E-state index contributed by atoms with van der Waals surface area (Å²) in [6, 6.07) is 6.32. The molecule has 2 N–H and O–H groups in total. The summed E-state index contributed by atoms with van der Waals surface area (Å²) in [5, 5.41) is 6.70. The van der Waals surface area contributed by atoms with Crippen molar-refractivity contribution in [3.05, 3.63) is 29.3 Å². The number of thioether (sulfide) groups is 1. The van der Waals surface area contributed by atoms with Crippen molar-refractivity contribution >= 4 is 17.7 Å². The normalized spacial score (nSPS) is 17.6. The lowest BCUT2D eigenvalue weighted by atomic mass is 10.1. The third-order valence-electron chi connectivity index (χ3n) is 3.97. The molecule has 1 aromatic rings. The highest BCUT2D eigenvalue weighted by Crippen LogP contribution is 2.24. The molecule has 1 atom stereocenters. The zero-order valence-electron chi connectivity index (χ0n) is 15.6. The minimum absolute atomic E-state index is 0.155. The summed E-state index contributed by atoms with van der Waals surface area (Å²) in [6.07, 6.45) is 4.37. The molecular formula is C19H31N3O2S. The second kappa shape index (κ2) is 11.3. The maximum atomic E-state index is 6.15. The van der Waals surface area contributed by atoms with E-state index in [4.69, 9.17) is 14.5 Å². The molecule has 1 unspecified atom stereocenters. The molecule has 0 aromatic heterocycles. The monoisotopic (exact) mass is 365 g/mol. The van der Waals surface area contributed by atoms with Crippen LogP contribution in [0.15, 0.2) is 23.2 Å². The minimum atomic E-state index is 0.155. The van der Waals surface area contributed by atoms with Crippen molar-refractivity contribution in [3.8, 4) is 5.75 Å². The predicted molar refractivity (Wildman–Crippen MR) is 107 cm³/mol. The molecule has 1 aliphatic heterocycles. The fraction of sp³-hybridized carbons (Fsp3) is 0.632. The smallest absolute Gasteiger partial charge is 0.191 e. The van der Waals surface area contributed by atoms with E-state index in [0.717, 1.165) is 55.6 Å². The van der Waals surface area contributed by atoms with Crippen molar-refractivity contribution in [2.24, 2.45) is 4.99 Å². The molecular weight excluding hydrogens is 334 g/mol. The van der Waals surface area contributed by atoms with E-state index < -0.39 is 0 Å². The molecule has 2 rings (SSSR count). The van der Waals surface area contributed by atoms with Gasteiger partial charge in [0.15, 0.2) is 5.96 Å². The lowest BCUT2D eigenvalue weighted by Gasteiger charge is -2.16. The molecule has 1 heterocycles. The first kappa shape index (κ1) is 19.9. The Morgan fingerprint density at radius 2 is 2.28 bits per heavy atom. The van der Waals surface area contributed by atoms with Gasteiger partial charge in [0.05, 0.1) is 19.8 Å². The second-order valence-corrected chi connectivity index (χ2v) is 7.17. The van der Waals surface area contributed by atoms with Gasteiger partial charge in [-0.15, -0.1) is 0 Å². The van der Waals surface area contributed by atoms with Gasteiger partial charge in [0, 0.05) is 25.1 Å². The van der Waals surface area contributed by atoms with Crippen molar-refractivity contribution in [1.29, 1.82) is 0 Å². The van der Waals surface area contributed by atoms with E-state index >= 15 is 0 Å². The van der Waals surface area contributed by atoms with Crippen molar-refractivity contribution in [2.75, 3.05) is 38.3 Å². The van der Waals surface area contributed by atoms with E-state index in [1.54, 1.807) is 0 Å². The first-order valence-electron chi connectivity index (χ1n) is 9.08. The fourth-order valence-corrected chi connectivity index (χ4v) is 3.05. The third-order valence-corrected chi connectivity index (χ3v) is 4.67. The van der Waals surface area contributed by atoms with E-state index in [0.29, 0.717) is 13.2 Å². The molecule has 1 saturated heterocycles. The maximum absolute atomic E-state index is 6.15. The fourth-order valence-electron chi connectivity index (χ4n) is 2.62. The van der Waals surface area contributed by atoms with Gasteiger partial charge in [0.2, 0.25) is 0 Å². The van der Waals surface area contributed by atoms with Crippen LogP contribution < -0.4 is 15.4 Å². The van der Waals surface area contributed by atoms with Crippen LogP contribution in [0.1, 0.15) is 30.9 Å². The molecule has 0 saturated carbocycles. The zero-order valence-corrected chi connectivity index (χ0v) is 16.5. The summed E-state index contributed by atoms with van der Waals surface area (Å²) < 4.78 is 11.6. The molecule has 1 aromatic carbocycles. The van der Waals surface area contributed by atoms with Crippen molar-refractivity contribution in [1.82, 2.24) is 10.6 Å². The Bertz CT molecular complexity index is 545. The predicted octanol–water partition coefficient (Wildman–Crippen LogP) is 2.97. The Labute approximate surface area is 156 Å². The number of nitrogens with zero attached hydrogens (tertiary/aromatic N) is 1. The van der Waals surface area contributed by atoms with Gasteiger partial charge >= 0.3 is 0 Å². The molecule has 1 fully saturated rings. The number of nitrogens with one attached hydrogen (secondary N) is 2. The lowest BCUT2D eigenvalue weighted by molar-refractivity contribution is 0.140. The number of ether oxygens (including phenoxy) is 2. The van der Waals surface area contributed by atoms with Crippen LogP contribution in [0.4, 0.5) is 0 Å². The summed E-state index contributed by atoms with van der Waals surface area (Å²) in [4.78, 5) is 4.72. The molecule has 6 heteroatoms. The van der Waals surface area contributed by atoms with E-state index in [1.807, 2.05) is 11.8 Å². The number of rotatable bonds is 9. The number of benzene rings is 1. The van der Waals surface area contributed by atoms with Crippen molar-refractivity contribution in [3.63, 3.8) is 0 Å². The molecule has 1 aliphatic rings. The van der Waals surface area contributed by atoms with Crippen LogP contribution in [0.25, 0.3) is 0 Å². The molecule has 25 heavy (non-hydrogen) atoms. The average Bonchev–Trinajstić information content (AvgIpc) is 3.11. The van der Waals surface area contributed by atoms with Crippen LogP contribution in [0.3, 0.4) is 0 Å². The van der Waals surface area contributed by atoms with Crippen LogP contribution >= 0.6 is 11.8 Å². The van der Waals surface area contributed by atoms with Gasteiger partial charge in [-0.05, 0) is 43.9 Å². The van der Waals surface area contributed by atoms with Crippen LogP contribution in [0.5, 0.6) is 5.75 Å². The van der Waals surface area contributed by atoms with Gasteiger partial charge in [-0.2, -0.15) is 11.8 Å². The van der Waals surface area contributed by atoms with Gasteiger partial charge in [0.1, 0.15) is 11.9 Å². The average molecular weight is 366 g/mol. The highest BCUT2D eigenvalue weighted by atomic mass is 32.2. The summed E-state index contributed by atoms with van der Waals surface area (Å²) in [6.45, 7) is 8.02. The quantitative estimate of drug-likeness (QED) is 0.400. The molecule has 0 radical (unpaired) electrons. The Morgan fingerprint density at radius 3 is 3.00 bits per heavy atom. The summed E-state index contributed by atoms with van der Waals surface area (Å²) in [7, 11) is 0. The second-order valence-electron chi connectivity index (χ2n) is 6.18. The topological polar surface area (TPSA) is 54.9 Å². The SMILES string of the molecule is CCNC(=NCc1ccc(C)cc1OC1CCOC1)NCCCSC. The molecule has 0 spiro atoms. The Hall–Kier alpha value is -1.40. The lowest BCUT2D eigenvalue weighted by Crippen LogP contribution is -2.37. The largest absolute Gasteiger partial charge is 0.488 e. The standard InChI is InChI=1S/C19H31N3O2S/c1-4-20-19(21-9-5-11-25-3)22-13-16-7-6-15(2)12-18(16)24-17-8-10-23-14-17/h6-7,12,17H,4-5,8-11,13-14H2,1-3H3,(H2,20,21,22). The summed E-state index contributed by atoms with van der Waals surface area (Å²) >= 11 is 1.87. The number of guanidine groups is 1. The number of hydrogen-bond acceptors (Lipinski definition) is 4. The van der Waals surface area contributed by atoms with E-state index in [1.165, 1.54) is 5.56 Å². The van der Waals surface area contributed by atoms with Crippen LogP contribution in [-0.4, -0.2) is 50.4 Å². The van der Waals surface area contributed by atoms with Crippen molar-refractivity contribution in [2.45, 2.75) is 39.3 Å². The molecule has 0 amide bonds. The van der Waals surface area contributed by atoms with Gasteiger partial charge in [-0.3, -0.25) is 0 Å². The van der Waals surface area contributed by atoms with Gasteiger partial charge in [-0.1, -0.05) is 12.1 Å². The maximum Gasteiger partial charge on any atom is 0.191 e. The van der Waals surface area contributed by atoms with E-state index in [9.17, 15) is 0 Å². The molecule has 0 aliphatic carbocycles. The third kappa shape index (κ3) is 7.16. The van der Waals surface area contributed by atoms with E-state index in [2.05, 4.69) is 48.9 Å². The zero-order chi connectivity index (χ0) is 17.9. The van der Waals surface area contributed by atoms with Gasteiger partial charge < -0.3 is 20.1 Å². The first-order chi connectivity index (χ1) is 12.2. The molecule has 0 bridgehead atoms. The van der Waals surface area contributed by atoms with E-state index in [-0.39, 0.29) is 6.10 Å². The highest BCUT2D eigenvalue weighted by Gasteiger charge is 2.18. The molecule has 140 valence electrons. The Kier molecular flexibility index (Phi) is 8.97. The van der Waals surface area contributed by atoms with Crippen LogP contribution in [0, 0.1) is 6.92 Å². The van der Waals surface area contributed by atoms with Crippen molar-refractivity contribution < 1.29 is 9.47 Å². The first-order valence-corrected chi connectivity index (χ1v) is 10.5. The van der Waals surface area contributed by atoms with Gasteiger partial charge in [0.25, 0.3) is 0 Å². The Balaban J connectivity index is 2.00. The minimum Gasteiger partial charge on any atom is -0.488 e. The number of aryl methyl sites for hydroxylation is 1. The van der Waals surface area contributed by atoms with Gasteiger partial charge in [-0.25, -0.2) is 4.99 Å². The number of aliphatic imine (C=N–C) groups is 1.